The van der Waals surface area contributed by atoms with Gasteiger partial charge in [-0.1, -0.05) is 47.6 Å². The molecule has 0 bridgehead atoms. The molecule has 1 heterocycles. The van der Waals surface area contributed by atoms with Gasteiger partial charge in [-0.3, -0.25) is 0 Å². The van der Waals surface area contributed by atoms with Crippen LogP contribution in [0.3, 0.4) is 0 Å². The van der Waals surface area contributed by atoms with E-state index >= 15 is 0 Å². The highest BCUT2D eigenvalue weighted by Crippen LogP contribution is 2.74. The molecule has 1 aliphatic heterocycles. The van der Waals surface area contributed by atoms with E-state index < -0.39 is 53.6 Å². The molecule has 0 amide bonds. The summed E-state index contributed by atoms with van der Waals surface area (Å²) in [6, 6.07) is 0. The zero-order valence-corrected chi connectivity index (χ0v) is 27.8. The van der Waals surface area contributed by atoms with E-state index in [4.69, 9.17) is 9.47 Å². The van der Waals surface area contributed by atoms with Crippen LogP contribution in [-0.2, 0) is 14.3 Å². The number of ether oxygens (including phenoxy) is 2. The van der Waals surface area contributed by atoms with Crippen molar-refractivity contribution in [3.8, 4) is 0 Å². The number of hydrogen-bond acceptors (Lipinski definition) is 8. The summed E-state index contributed by atoms with van der Waals surface area (Å²) < 4.78 is 12.0. The van der Waals surface area contributed by atoms with Gasteiger partial charge in [0.15, 0.2) is 6.29 Å². The van der Waals surface area contributed by atoms with E-state index in [-0.39, 0.29) is 47.2 Å². The molecule has 9 nitrogen and oxygen atoms in total. The summed E-state index contributed by atoms with van der Waals surface area (Å²) in [5.74, 6) is 0.284. The molecule has 15 atom stereocenters. The fourth-order valence-corrected chi connectivity index (χ4v) is 11.6. The van der Waals surface area contributed by atoms with Gasteiger partial charge in [-0.25, -0.2) is 4.79 Å². The second-order valence-electron chi connectivity index (χ2n) is 16.5. The Kier molecular flexibility index (Phi) is 9.24. The van der Waals surface area contributed by atoms with Gasteiger partial charge in [0.1, 0.15) is 18.3 Å². The zero-order chi connectivity index (χ0) is 32.6. The fourth-order valence-electron chi connectivity index (χ4n) is 11.6. The zero-order valence-electron chi connectivity index (χ0n) is 27.8. The van der Waals surface area contributed by atoms with E-state index in [0.29, 0.717) is 30.8 Å². The van der Waals surface area contributed by atoms with Crippen molar-refractivity contribution in [1.29, 1.82) is 0 Å². The van der Waals surface area contributed by atoms with Crippen molar-refractivity contribution in [3.05, 3.63) is 11.6 Å². The normalized spacial score (nSPS) is 51.2. The van der Waals surface area contributed by atoms with Crippen molar-refractivity contribution in [2.75, 3.05) is 6.61 Å². The first-order chi connectivity index (χ1) is 20.4. The standard InChI is InChI=1S/C35H58O9/c1-18(9-8-10-19(2)30(41)42)21-15-25(37)34(6)20-11-12-24-32(3,4)27(44-31-29(40)28(39)23(36)17-43-31)13-14-33(24,5)22(20)16-26(38)35(21,34)7/h10,18,20-29,31,36-40H,8-9,11-17H2,1-7H3,(H,41,42)/b19-10+/t18-,20-,21-,22+,23-,24-,25-,26+,27-,28+,29-,31-,33+,34-,35-/m0/s1. The van der Waals surface area contributed by atoms with Gasteiger partial charge in [0.25, 0.3) is 0 Å². The van der Waals surface area contributed by atoms with Crippen LogP contribution in [0.25, 0.3) is 0 Å². The minimum absolute atomic E-state index is 0.0675. The average molecular weight is 623 g/mol. The topological polar surface area (TPSA) is 157 Å². The van der Waals surface area contributed by atoms with E-state index in [9.17, 15) is 35.4 Å². The predicted molar refractivity (Wildman–Crippen MR) is 164 cm³/mol. The molecule has 0 radical (unpaired) electrons. The van der Waals surface area contributed by atoms with Crippen LogP contribution in [0.4, 0.5) is 0 Å². The van der Waals surface area contributed by atoms with Gasteiger partial charge < -0.3 is 40.1 Å². The highest BCUT2D eigenvalue weighted by molar-refractivity contribution is 5.85. The van der Waals surface area contributed by atoms with Crippen molar-refractivity contribution in [2.45, 2.75) is 143 Å². The molecule has 1 saturated heterocycles. The van der Waals surface area contributed by atoms with E-state index in [1.54, 1.807) is 13.0 Å². The van der Waals surface area contributed by atoms with Crippen molar-refractivity contribution < 1.29 is 44.9 Å². The quantitative estimate of drug-likeness (QED) is 0.183. The monoisotopic (exact) mass is 622 g/mol. The number of allylic oxidation sites excluding steroid dienone is 1. The third kappa shape index (κ3) is 5.03. The number of rotatable bonds is 7. The molecule has 6 N–H and O–H groups in total. The molecule has 4 saturated carbocycles. The first-order valence-electron chi connectivity index (χ1n) is 17.0. The Hall–Kier alpha value is -1.07. The first kappa shape index (κ1) is 34.3. The van der Waals surface area contributed by atoms with Crippen molar-refractivity contribution in [1.82, 2.24) is 0 Å². The van der Waals surface area contributed by atoms with E-state index in [2.05, 4.69) is 41.5 Å². The van der Waals surface area contributed by atoms with Crippen LogP contribution < -0.4 is 0 Å². The lowest BCUT2D eigenvalue weighted by molar-refractivity contribution is -0.310. The van der Waals surface area contributed by atoms with Gasteiger partial charge >= 0.3 is 5.97 Å². The van der Waals surface area contributed by atoms with Crippen LogP contribution >= 0.6 is 0 Å². The number of aliphatic hydroxyl groups excluding tert-OH is 5. The molecular formula is C35H58O9. The summed E-state index contributed by atoms with van der Waals surface area (Å²) in [6.45, 7) is 15.0. The lowest BCUT2D eigenvalue weighted by Crippen LogP contribution is -2.67. The SMILES string of the molecule is C/C(=C\CC[C@H](C)[C@@H]1C[C@H](O)[C@]2(C)[C@H]3CC[C@H]4C(C)(C)[C@@H](O[C@@H]5OC[C@H](O)[C@@H](O)[C@@H]5O)CC[C@]4(C)[C@@H]3C[C@@H](O)[C@]12C)C(=O)O. The van der Waals surface area contributed by atoms with Crippen LogP contribution in [0.2, 0.25) is 0 Å². The Morgan fingerprint density at radius 1 is 0.932 bits per heavy atom. The predicted octanol–water partition coefficient (Wildman–Crippen LogP) is 3.88. The summed E-state index contributed by atoms with van der Waals surface area (Å²) in [7, 11) is 0. The Bertz CT molecular complexity index is 1110. The molecule has 0 unspecified atom stereocenters. The van der Waals surface area contributed by atoms with Gasteiger partial charge in [-0.15, -0.1) is 0 Å². The highest BCUT2D eigenvalue weighted by Gasteiger charge is 2.73. The first-order valence-corrected chi connectivity index (χ1v) is 17.0. The maximum atomic E-state index is 12.1. The van der Waals surface area contributed by atoms with E-state index in [1.165, 1.54) is 0 Å². The molecule has 5 fully saturated rings. The maximum absolute atomic E-state index is 12.1. The van der Waals surface area contributed by atoms with Crippen molar-refractivity contribution in [2.24, 2.45) is 51.2 Å². The average Bonchev–Trinajstić information content (AvgIpc) is 3.17. The third-order valence-electron chi connectivity index (χ3n) is 14.5. The molecule has 0 spiro atoms. The van der Waals surface area contributed by atoms with Gasteiger partial charge in [-0.05, 0) is 98.7 Å². The van der Waals surface area contributed by atoms with Crippen LogP contribution in [0, 0.1) is 51.2 Å². The van der Waals surface area contributed by atoms with Crippen LogP contribution in [0.1, 0.15) is 99.8 Å². The van der Waals surface area contributed by atoms with E-state index in [1.807, 2.05) is 0 Å². The Morgan fingerprint density at radius 3 is 2.25 bits per heavy atom. The second-order valence-corrected chi connectivity index (χ2v) is 16.5. The maximum Gasteiger partial charge on any atom is 0.330 e. The minimum atomic E-state index is -1.32. The number of carbonyl (C=O) groups is 1. The van der Waals surface area contributed by atoms with Crippen molar-refractivity contribution >= 4 is 5.97 Å². The molecule has 0 aromatic heterocycles. The Morgan fingerprint density at radius 2 is 1.59 bits per heavy atom. The molecule has 252 valence electrons. The van der Waals surface area contributed by atoms with Gasteiger partial charge in [-0.2, -0.15) is 0 Å². The molecule has 9 heteroatoms. The molecule has 5 aliphatic rings. The summed E-state index contributed by atoms with van der Waals surface area (Å²) in [6.07, 6.45) is 2.19. The van der Waals surface area contributed by atoms with Crippen LogP contribution in [0.15, 0.2) is 11.6 Å². The molecule has 5 rings (SSSR count). The van der Waals surface area contributed by atoms with Crippen LogP contribution in [0.5, 0.6) is 0 Å². The molecule has 44 heavy (non-hydrogen) atoms. The van der Waals surface area contributed by atoms with E-state index in [0.717, 1.165) is 32.1 Å². The number of hydrogen-bond donors (Lipinski definition) is 6. The molecule has 0 aromatic rings. The van der Waals surface area contributed by atoms with Gasteiger partial charge in [0.2, 0.25) is 0 Å². The number of carboxylic acids is 1. The molecule has 0 aromatic carbocycles. The number of aliphatic hydroxyl groups is 5. The van der Waals surface area contributed by atoms with Gasteiger partial charge in [0.05, 0.1) is 24.9 Å². The second kappa shape index (κ2) is 11.9. The summed E-state index contributed by atoms with van der Waals surface area (Å²) in [4.78, 5) is 11.3. The lowest BCUT2D eigenvalue weighted by Gasteiger charge is -2.69. The lowest BCUT2D eigenvalue weighted by atomic mass is 9.37. The molecular weight excluding hydrogens is 564 g/mol. The largest absolute Gasteiger partial charge is 0.478 e. The van der Waals surface area contributed by atoms with Crippen LogP contribution in [-0.4, -0.2) is 86.1 Å². The Labute approximate surface area is 263 Å². The summed E-state index contributed by atoms with van der Waals surface area (Å²) in [5.41, 5.74) is -0.864. The van der Waals surface area contributed by atoms with Crippen molar-refractivity contribution in [3.63, 3.8) is 0 Å². The summed E-state index contributed by atoms with van der Waals surface area (Å²) in [5, 5.41) is 63.9. The number of aliphatic carboxylic acids is 1. The molecule has 4 aliphatic carbocycles. The number of fused-ring (bicyclic) bond motifs is 5. The smallest absolute Gasteiger partial charge is 0.330 e. The minimum Gasteiger partial charge on any atom is -0.478 e. The van der Waals surface area contributed by atoms with Gasteiger partial charge in [0, 0.05) is 16.4 Å². The third-order valence-corrected chi connectivity index (χ3v) is 14.5. The highest BCUT2D eigenvalue weighted by atomic mass is 16.7. The Balaban J connectivity index is 1.36. The summed E-state index contributed by atoms with van der Waals surface area (Å²) >= 11 is 0. The number of carboxylic acid groups (broad SMARTS) is 1. The fraction of sp³-hybridized carbons (Fsp3) is 0.914.